The van der Waals surface area contributed by atoms with Crippen LogP contribution in [0, 0.1) is 6.07 Å². The molecule has 0 unspecified atom stereocenters. The van der Waals surface area contributed by atoms with Crippen LogP contribution in [-0.2, 0) is 37.3 Å². The molecule has 2 heterocycles. The molecule has 0 amide bonds. The number of phenolic OH excluding ortho intramolecular Hbond substituents is 1. The number of phenols is 1. The molecule has 51 heavy (non-hydrogen) atoms. The molecule has 0 aliphatic rings. The van der Waals surface area contributed by atoms with Crippen molar-refractivity contribution in [1.82, 2.24) is 14.5 Å². The number of pyridine rings is 1. The fourth-order valence-corrected chi connectivity index (χ4v) is 6.63. The van der Waals surface area contributed by atoms with Crippen LogP contribution in [0.2, 0.25) is 0 Å². The first-order valence-electron chi connectivity index (χ1n) is 17.5. The Labute approximate surface area is 316 Å². The van der Waals surface area contributed by atoms with Gasteiger partial charge in [-0.1, -0.05) is 122 Å². The van der Waals surface area contributed by atoms with Gasteiger partial charge in [-0.2, -0.15) is 0 Å². The van der Waals surface area contributed by atoms with Gasteiger partial charge in [-0.3, -0.25) is 9.55 Å². The molecule has 262 valence electrons. The Morgan fingerprint density at radius 3 is 1.78 bits per heavy atom. The normalized spacial score (nSPS) is 12.3. The molecular weight excluding hydrogens is 806 g/mol. The van der Waals surface area contributed by atoms with E-state index in [0.717, 1.165) is 55.4 Å². The maximum absolute atomic E-state index is 11.4. The minimum absolute atomic E-state index is 0. The van der Waals surface area contributed by atoms with Crippen molar-refractivity contribution in [3.05, 3.63) is 132 Å². The second-order valence-corrected chi connectivity index (χ2v) is 16.6. The number of nitrogens with zero attached hydrogens (tertiary/aromatic N) is 3. The van der Waals surface area contributed by atoms with Crippen LogP contribution in [0.4, 0.5) is 0 Å². The average molecular weight is 852 g/mol. The Morgan fingerprint density at radius 2 is 1.16 bits per heavy atom. The van der Waals surface area contributed by atoms with Crippen LogP contribution in [0.3, 0.4) is 0 Å². The molecule has 0 spiro atoms. The third kappa shape index (κ3) is 6.91. The van der Waals surface area contributed by atoms with Gasteiger partial charge in [-0.25, -0.2) is 4.98 Å². The van der Waals surface area contributed by atoms with E-state index in [0.29, 0.717) is 11.4 Å². The molecular formula is C46H46N3OPt-. The molecule has 0 atom stereocenters. The van der Waals surface area contributed by atoms with E-state index < -0.39 is 0 Å². The Hall–Kier alpha value is -4.53. The van der Waals surface area contributed by atoms with Gasteiger partial charge in [0.05, 0.1) is 16.6 Å². The van der Waals surface area contributed by atoms with E-state index in [9.17, 15) is 5.11 Å². The molecule has 0 aliphatic carbocycles. The molecule has 0 bridgehead atoms. The van der Waals surface area contributed by atoms with Crippen molar-refractivity contribution in [2.24, 2.45) is 0 Å². The number of aromatic nitrogens is 3. The van der Waals surface area contributed by atoms with Gasteiger partial charge in [-0.15, -0.1) is 35.4 Å². The molecule has 0 saturated carbocycles. The first kappa shape index (κ1) is 36.3. The Balaban J connectivity index is 0.00000448. The van der Waals surface area contributed by atoms with Crippen molar-refractivity contribution in [2.75, 3.05) is 0 Å². The summed E-state index contributed by atoms with van der Waals surface area (Å²) in [4.78, 5) is 10.2. The number of para-hydroxylation sites is 1. The summed E-state index contributed by atoms with van der Waals surface area (Å²) >= 11 is 0. The third-order valence-corrected chi connectivity index (χ3v) is 9.69. The largest absolute Gasteiger partial charge is 0.507 e. The summed E-state index contributed by atoms with van der Waals surface area (Å²) in [6, 6.07) is 39.7. The van der Waals surface area contributed by atoms with Crippen LogP contribution < -0.4 is 0 Å². The van der Waals surface area contributed by atoms with Gasteiger partial charge in [0.2, 0.25) is 0 Å². The van der Waals surface area contributed by atoms with Gasteiger partial charge >= 0.3 is 0 Å². The van der Waals surface area contributed by atoms with Crippen LogP contribution in [0.1, 0.15) is 79.0 Å². The zero-order valence-electron chi connectivity index (χ0n) is 31.0. The Kier molecular flexibility index (Phi) is 9.40. The number of fused-ring (bicyclic) bond motifs is 2. The van der Waals surface area contributed by atoms with E-state index in [4.69, 9.17) is 9.97 Å². The number of benzene rings is 5. The molecule has 7 rings (SSSR count). The van der Waals surface area contributed by atoms with Crippen LogP contribution in [0.5, 0.6) is 5.75 Å². The van der Waals surface area contributed by atoms with Crippen LogP contribution >= 0.6 is 0 Å². The predicted molar refractivity (Wildman–Crippen MR) is 209 cm³/mol. The molecule has 0 saturated heterocycles. The number of rotatable bonds is 4. The Morgan fingerprint density at radius 1 is 0.569 bits per heavy atom. The summed E-state index contributed by atoms with van der Waals surface area (Å²) in [6.45, 7) is 20.1. The quantitative estimate of drug-likeness (QED) is 0.180. The van der Waals surface area contributed by atoms with E-state index in [2.05, 4.69) is 140 Å². The van der Waals surface area contributed by atoms with Crippen molar-refractivity contribution in [3.63, 3.8) is 0 Å². The van der Waals surface area contributed by atoms with Crippen molar-refractivity contribution in [1.29, 1.82) is 0 Å². The number of imidazole rings is 1. The zero-order valence-corrected chi connectivity index (χ0v) is 33.3. The van der Waals surface area contributed by atoms with Gasteiger partial charge in [0, 0.05) is 38.5 Å². The predicted octanol–water partition coefficient (Wildman–Crippen LogP) is 12.0. The number of hydrogen-bond acceptors (Lipinski definition) is 3. The fourth-order valence-electron chi connectivity index (χ4n) is 6.63. The third-order valence-electron chi connectivity index (χ3n) is 9.69. The van der Waals surface area contributed by atoms with Crippen molar-refractivity contribution in [2.45, 2.75) is 78.6 Å². The molecule has 0 aliphatic heterocycles. The summed E-state index contributed by atoms with van der Waals surface area (Å²) in [5.74, 6) is 0.904. The molecule has 2 aromatic heterocycles. The SMILES string of the molecule is CC(C)(C)c1ccc(O)c(-c2nc3c(-c4[c-]c(-c5cc(C(C)(C)C)cc6cccnc56)ccc4)cc(C(C)(C)C)cc3n2-c2ccccc2)c1.[Pt]. The van der Waals surface area contributed by atoms with Gasteiger partial charge in [0.15, 0.2) is 0 Å². The first-order chi connectivity index (χ1) is 23.6. The van der Waals surface area contributed by atoms with Gasteiger partial charge in [-0.05, 0) is 74.7 Å². The smallest absolute Gasteiger partial charge is 0.148 e. The molecule has 7 aromatic rings. The Bertz CT molecular complexity index is 2390. The summed E-state index contributed by atoms with van der Waals surface area (Å²) in [5.41, 5.74) is 11.8. The van der Waals surface area contributed by atoms with E-state index in [1.54, 1.807) is 6.07 Å². The molecule has 1 N–H and O–H groups in total. The van der Waals surface area contributed by atoms with Gasteiger partial charge in [0.25, 0.3) is 0 Å². The maximum Gasteiger partial charge on any atom is 0.148 e. The summed E-state index contributed by atoms with van der Waals surface area (Å²) < 4.78 is 2.20. The maximum atomic E-state index is 11.4. The van der Waals surface area contributed by atoms with Crippen LogP contribution in [-0.4, -0.2) is 19.6 Å². The standard InChI is InChI=1S/C46H46N3O.Pt/c1-44(2,3)32-20-21-40(50)38(25-32)43-48-42-37(27-34(46(7,8)9)28-39(42)49(43)35-18-11-10-12-19-35)30-16-13-15-29(23-30)36-26-33(45(4,5)6)24-31-17-14-22-47-41(31)36;/h10-22,24-28,50H,1-9H3;/q-1;. The van der Waals surface area contributed by atoms with Gasteiger partial charge < -0.3 is 5.11 Å². The van der Waals surface area contributed by atoms with Crippen LogP contribution in [0.15, 0.2) is 109 Å². The second kappa shape index (κ2) is 13.2. The minimum atomic E-state index is -0.137. The molecule has 0 fully saturated rings. The van der Waals surface area contributed by atoms with Crippen LogP contribution in [0.25, 0.3) is 61.3 Å². The van der Waals surface area contributed by atoms with Gasteiger partial charge in [0.1, 0.15) is 11.6 Å². The van der Waals surface area contributed by atoms with Crippen molar-refractivity contribution < 1.29 is 26.2 Å². The monoisotopic (exact) mass is 851 g/mol. The molecule has 5 aromatic carbocycles. The topological polar surface area (TPSA) is 50.9 Å². The first-order valence-corrected chi connectivity index (χ1v) is 17.5. The van der Waals surface area contributed by atoms with Crippen molar-refractivity contribution in [3.8, 4) is 45.1 Å². The average Bonchev–Trinajstić information content (AvgIpc) is 3.46. The van der Waals surface area contributed by atoms with Crippen molar-refractivity contribution >= 4 is 21.9 Å². The number of aromatic hydroxyl groups is 1. The van der Waals surface area contributed by atoms with E-state index >= 15 is 0 Å². The summed E-state index contributed by atoms with van der Waals surface area (Å²) in [6.07, 6.45) is 1.87. The fraction of sp³-hybridized carbons (Fsp3) is 0.261. The zero-order chi connectivity index (χ0) is 35.6. The molecule has 0 radical (unpaired) electrons. The van der Waals surface area contributed by atoms with E-state index in [1.807, 2.05) is 36.5 Å². The summed E-state index contributed by atoms with van der Waals surface area (Å²) in [7, 11) is 0. The van der Waals surface area contributed by atoms with E-state index in [-0.39, 0.29) is 43.1 Å². The minimum Gasteiger partial charge on any atom is -0.507 e. The second-order valence-electron chi connectivity index (χ2n) is 16.6. The number of hydrogen-bond donors (Lipinski definition) is 1. The van der Waals surface area contributed by atoms with E-state index in [1.165, 1.54) is 11.1 Å². The molecule has 4 nitrogen and oxygen atoms in total. The molecule has 5 heteroatoms. The summed E-state index contributed by atoms with van der Waals surface area (Å²) in [5, 5.41) is 12.5.